The van der Waals surface area contributed by atoms with Crippen LogP contribution in [0.5, 0.6) is 0 Å². The molecule has 0 aromatic rings. The van der Waals surface area contributed by atoms with Gasteiger partial charge in [-0.25, -0.2) is 0 Å². The lowest BCUT2D eigenvalue weighted by molar-refractivity contribution is -0.216. The van der Waals surface area contributed by atoms with E-state index in [9.17, 15) is 20.1 Å². The van der Waals surface area contributed by atoms with Gasteiger partial charge in [-0.2, -0.15) is 0 Å². The zero-order valence-corrected chi connectivity index (χ0v) is 10.9. The van der Waals surface area contributed by atoms with E-state index in [0.29, 0.717) is 6.42 Å². The predicted octanol–water partition coefficient (Wildman–Crippen LogP) is 0.795. The van der Waals surface area contributed by atoms with Crippen LogP contribution in [0.25, 0.3) is 0 Å². The van der Waals surface area contributed by atoms with Gasteiger partial charge in [-0.05, 0) is 32.4 Å². The van der Waals surface area contributed by atoms with E-state index < -0.39 is 22.7 Å². The lowest BCUT2D eigenvalue weighted by Gasteiger charge is -2.54. The monoisotopic (exact) mass is 242 g/mol. The normalized spacial score (nSPS) is 41.7. The first-order chi connectivity index (χ1) is 7.52. The van der Waals surface area contributed by atoms with Gasteiger partial charge < -0.3 is 15.3 Å². The third kappa shape index (κ3) is 2.44. The summed E-state index contributed by atoms with van der Waals surface area (Å²) in [6, 6.07) is 0. The Morgan fingerprint density at radius 1 is 1.24 bits per heavy atom. The second-order valence-corrected chi connectivity index (χ2v) is 5.93. The minimum Gasteiger partial charge on any atom is -0.393 e. The molecule has 0 bridgehead atoms. The van der Waals surface area contributed by atoms with E-state index in [4.69, 9.17) is 0 Å². The molecule has 3 atom stereocenters. The maximum atomic E-state index is 11.0. The molecule has 0 aromatic heterocycles. The van der Waals surface area contributed by atoms with Gasteiger partial charge in [0.2, 0.25) is 0 Å². The van der Waals surface area contributed by atoms with E-state index in [-0.39, 0.29) is 12.2 Å². The highest BCUT2D eigenvalue weighted by Gasteiger charge is 2.58. The third-order valence-electron chi connectivity index (χ3n) is 3.79. The molecule has 98 valence electrons. The summed E-state index contributed by atoms with van der Waals surface area (Å²) in [7, 11) is 0. The number of rotatable bonds is 2. The summed E-state index contributed by atoms with van der Waals surface area (Å²) >= 11 is 0. The molecule has 4 nitrogen and oxygen atoms in total. The molecule has 0 heterocycles. The van der Waals surface area contributed by atoms with Crippen molar-refractivity contribution < 1.29 is 20.1 Å². The van der Waals surface area contributed by atoms with Crippen LogP contribution in [0.2, 0.25) is 0 Å². The summed E-state index contributed by atoms with van der Waals surface area (Å²) in [5.41, 5.74) is -3.69. The highest BCUT2D eigenvalue weighted by atomic mass is 16.4. The van der Waals surface area contributed by atoms with Crippen molar-refractivity contribution in [3.8, 4) is 0 Å². The summed E-state index contributed by atoms with van der Waals surface area (Å²) in [5, 5.41) is 30.8. The third-order valence-corrected chi connectivity index (χ3v) is 3.79. The lowest BCUT2D eigenvalue weighted by atomic mass is 9.57. The van der Waals surface area contributed by atoms with Crippen LogP contribution < -0.4 is 0 Å². The second-order valence-electron chi connectivity index (χ2n) is 5.93. The van der Waals surface area contributed by atoms with Crippen molar-refractivity contribution in [2.24, 2.45) is 5.41 Å². The Hall–Kier alpha value is -0.710. The van der Waals surface area contributed by atoms with E-state index in [0.717, 1.165) is 0 Å². The standard InChI is InChI=1S/C13H22O4/c1-9(14)5-6-13(17)11(2,3)7-10(15)8-12(13,4)16/h5-6,10,15-17H,7-8H2,1-4H3/b6-5+/t10-,12-,13-/m1/s1. The molecule has 17 heavy (non-hydrogen) atoms. The van der Waals surface area contributed by atoms with Crippen LogP contribution in [0.3, 0.4) is 0 Å². The fourth-order valence-corrected chi connectivity index (χ4v) is 2.80. The molecule has 0 radical (unpaired) electrons. The summed E-state index contributed by atoms with van der Waals surface area (Å²) in [5.74, 6) is -0.184. The van der Waals surface area contributed by atoms with Crippen LogP contribution in [-0.4, -0.2) is 38.4 Å². The average molecular weight is 242 g/mol. The topological polar surface area (TPSA) is 77.8 Å². The number of aliphatic hydroxyl groups is 3. The van der Waals surface area contributed by atoms with E-state index in [2.05, 4.69) is 0 Å². The molecule has 1 saturated carbocycles. The van der Waals surface area contributed by atoms with Gasteiger partial charge in [0, 0.05) is 11.8 Å². The molecule has 4 heteroatoms. The van der Waals surface area contributed by atoms with Gasteiger partial charge >= 0.3 is 0 Å². The Balaban J connectivity index is 3.19. The zero-order valence-electron chi connectivity index (χ0n) is 10.9. The number of hydrogen-bond donors (Lipinski definition) is 3. The molecule has 0 spiro atoms. The van der Waals surface area contributed by atoms with Gasteiger partial charge in [-0.3, -0.25) is 4.79 Å². The summed E-state index contributed by atoms with van der Waals surface area (Å²) in [4.78, 5) is 11.0. The molecule has 1 rings (SSSR count). The van der Waals surface area contributed by atoms with Crippen molar-refractivity contribution in [1.29, 1.82) is 0 Å². The molecule has 0 amide bonds. The first-order valence-electron chi connectivity index (χ1n) is 5.84. The number of aliphatic hydroxyl groups excluding tert-OH is 1. The van der Waals surface area contributed by atoms with Crippen LogP contribution >= 0.6 is 0 Å². The number of allylic oxidation sites excluding steroid dienone is 1. The maximum absolute atomic E-state index is 11.0. The van der Waals surface area contributed by atoms with Crippen molar-refractivity contribution >= 4 is 5.78 Å². The van der Waals surface area contributed by atoms with Crippen molar-refractivity contribution in [2.75, 3.05) is 0 Å². The SMILES string of the molecule is CC(=O)/C=C/[C@@]1(O)C(C)(C)C[C@@H](O)C[C@@]1(C)O. The average Bonchev–Trinajstić information content (AvgIpc) is 2.09. The molecule has 1 aliphatic carbocycles. The first kappa shape index (κ1) is 14.4. The fourth-order valence-electron chi connectivity index (χ4n) is 2.80. The van der Waals surface area contributed by atoms with E-state index >= 15 is 0 Å². The highest BCUT2D eigenvalue weighted by Crippen LogP contribution is 2.50. The van der Waals surface area contributed by atoms with Crippen LogP contribution in [0.15, 0.2) is 12.2 Å². The lowest BCUT2D eigenvalue weighted by Crippen LogP contribution is -2.65. The first-order valence-corrected chi connectivity index (χ1v) is 5.84. The quantitative estimate of drug-likeness (QED) is 0.626. The van der Waals surface area contributed by atoms with E-state index in [1.807, 2.05) is 0 Å². The van der Waals surface area contributed by atoms with Crippen molar-refractivity contribution in [1.82, 2.24) is 0 Å². The van der Waals surface area contributed by atoms with Crippen molar-refractivity contribution in [3.63, 3.8) is 0 Å². The Morgan fingerprint density at radius 3 is 2.18 bits per heavy atom. The number of carbonyl (C=O) groups is 1. The Labute approximate surface area is 102 Å². The largest absolute Gasteiger partial charge is 0.393 e. The van der Waals surface area contributed by atoms with Gasteiger partial charge in [-0.15, -0.1) is 0 Å². The van der Waals surface area contributed by atoms with Gasteiger partial charge in [0.1, 0.15) is 5.60 Å². The second kappa shape index (κ2) is 4.19. The molecule has 0 unspecified atom stereocenters. The molecule has 0 aliphatic heterocycles. The number of hydrogen-bond acceptors (Lipinski definition) is 4. The van der Waals surface area contributed by atoms with E-state index in [1.54, 1.807) is 13.8 Å². The molecule has 1 fully saturated rings. The van der Waals surface area contributed by atoms with Crippen LogP contribution in [-0.2, 0) is 4.79 Å². The van der Waals surface area contributed by atoms with Gasteiger partial charge in [-0.1, -0.05) is 13.8 Å². The summed E-state index contributed by atoms with van der Waals surface area (Å²) in [6.45, 7) is 6.42. The van der Waals surface area contributed by atoms with Crippen LogP contribution in [0.4, 0.5) is 0 Å². The highest BCUT2D eigenvalue weighted by molar-refractivity contribution is 5.87. The Bertz CT molecular complexity index is 323. The van der Waals surface area contributed by atoms with Crippen molar-refractivity contribution in [3.05, 3.63) is 12.2 Å². The molecule has 3 N–H and O–H groups in total. The van der Waals surface area contributed by atoms with Crippen molar-refractivity contribution in [2.45, 2.75) is 57.8 Å². The molecular formula is C13H22O4. The minimum atomic E-state index is -1.52. The fraction of sp³-hybridized carbons (Fsp3) is 0.769. The Kier molecular flexibility index (Phi) is 3.54. The zero-order chi connectivity index (χ0) is 13.5. The van der Waals surface area contributed by atoms with E-state index in [1.165, 1.54) is 26.0 Å². The molecular weight excluding hydrogens is 220 g/mol. The number of ketones is 1. The smallest absolute Gasteiger partial charge is 0.152 e. The molecule has 0 saturated heterocycles. The van der Waals surface area contributed by atoms with Gasteiger partial charge in [0.25, 0.3) is 0 Å². The number of carbonyl (C=O) groups excluding carboxylic acids is 1. The van der Waals surface area contributed by atoms with Crippen LogP contribution in [0, 0.1) is 5.41 Å². The Morgan fingerprint density at radius 2 is 1.76 bits per heavy atom. The molecule has 1 aliphatic rings. The summed E-state index contributed by atoms with van der Waals surface area (Å²) < 4.78 is 0. The predicted molar refractivity (Wildman–Crippen MR) is 64.4 cm³/mol. The maximum Gasteiger partial charge on any atom is 0.152 e. The van der Waals surface area contributed by atoms with Gasteiger partial charge in [0.05, 0.1) is 11.7 Å². The molecule has 0 aromatic carbocycles. The summed E-state index contributed by atoms with van der Waals surface area (Å²) in [6.07, 6.45) is 2.46. The minimum absolute atomic E-state index is 0.0924. The van der Waals surface area contributed by atoms with Crippen LogP contribution in [0.1, 0.15) is 40.5 Å². The van der Waals surface area contributed by atoms with Gasteiger partial charge in [0.15, 0.2) is 5.78 Å².